The van der Waals surface area contributed by atoms with Gasteiger partial charge in [-0.15, -0.1) is 0 Å². The van der Waals surface area contributed by atoms with Crippen LogP contribution < -0.4 is 5.32 Å². The summed E-state index contributed by atoms with van der Waals surface area (Å²) in [5, 5.41) is 11.9. The number of rotatable bonds is 6. The lowest BCUT2D eigenvalue weighted by Gasteiger charge is -2.34. The first-order chi connectivity index (χ1) is 9.26. The number of amides is 1. The Bertz CT molecular complexity index is 470. The highest BCUT2D eigenvalue weighted by Gasteiger charge is 2.34. The SMILES string of the molecule is CC(C)C(C)(CC(=O)O)NC(=O)[C@@H](C)c1ccccc1. The van der Waals surface area contributed by atoms with E-state index in [1.807, 2.05) is 51.1 Å². The number of nitrogens with one attached hydrogen (secondary N) is 1. The van der Waals surface area contributed by atoms with Crippen LogP contribution in [0, 0.1) is 5.92 Å². The van der Waals surface area contributed by atoms with Crippen molar-refractivity contribution in [3.8, 4) is 0 Å². The van der Waals surface area contributed by atoms with E-state index in [-0.39, 0.29) is 24.2 Å². The molecular weight excluding hydrogens is 254 g/mol. The summed E-state index contributed by atoms with van der Waals surface area (Å²) in [6.45, 7) is 7.43. The van der Waals surface area contributed by atoms with Crippen molar-refractivity contribution < 1.29 is 14.7 Å². The fourth-order valence-electron chi connectivity index (χ4n) is 1.99. The van der Waals surface area contributed by atoms with Crippen molar-refractivity contribution in [2.75, 3.05) is 0 Å². The molecular formula is C16H23NO3. The predicted octanol–water partition coefficient (Wildman–Crippen LogP) is 2.80. The number of hydrogen-bond acceptors (Lipinski definition) is 2. The topological polar surface area (TPSA) is 66.4 Å². The fourth-order valence-corrected chi connectivity index (χ4v) is 1.99. The minimum atomic E-state index is -0.908. The predicted molar refractivity (Wildman–Crippen MR) is 78.5 cm³/mol. The van der Waals surface area contributed by atoms with Crippen molar-refractivity contribution in [2.24, 2.45) is 5.92 Å². The van der Waals surface area contributed by atoms with Gasteiger partial charge in [0.2, 0.25) is 5.91 Å². The number of carboxylic acid groups (broad SMARTS) is 1. The highest BCUT2D eigenvalue weighted by molar-refractivity contribution is 5.84. The Morgan fingerprint density at radius 1 is 1.20 bits per heavy atom. The quantitative estimate of drug-likeness (QED) is 0.840. The van der Waals surface area contributed by atoms with Crippen LogP contribution in [0.25, 0.3) is 0 Å². The summed E-state index contributed by atoms with van der Waals surface area (Å²) in [6, 6.07) is 9.47. The van der Waals surface area contributed by atoms with E-state index < -0.39 is 11.5 Å². The molecule has 2 N–H and O–H groups in total. The van der Waals surface area contributed by atoms with E-state index in [1.165, 1.54) is 0 Å². The number of carbonyl (C=O) groups excluding carboxylic acids is 1. The summed E-state index contributed by atoms with van der Waals surface area (Å²) >= 11 is 0. The van der Waals surface area contributed by atoms with Gasteiger partial charge in [0.1, 0.15) is 0 Å². The Labute approximate surface area is 120 Å². The van der Waals surface area contributed by atoms with Crippen molar-refractivity contribution in [3.63, 3.8) is 0 Å². The van der Waals surface area contributed by atoms with Crippen molar-refractivity contribution in [1.82, 2.24) is 5.32 Å². The summed E-state index contributed by atoms with van der Waals surface area (Å²) in [5.74, 6) is -1.32. The first kappa shape index (κ1) is 16.2. The standard InChI is InChI=1S/C16H23NO3/c1-11(2)16(4,10-14(18)19)17-15(20)12(3)13-8-6-5-7-9-13/h5-9,11-12H,10H2,1-4H3,(H,17,20)(H,18,19)/t12-,16?/m0/s1. The molecule has 20 heavy (non-hydrogen) atoms. The van der Waals surface area contributed by atoms with Gasteiger partial charge in [0.15, 0.2) is 0 Å². The van der Waals surface area contributed by atoms with E-state index in [1.54, 1.807) is 6.92 Å². The number of carbonyl (C=O) groups is 2. The Balaban J connectivity index is 2.84. The van der Waals surface area contributed by atoms with Crippen LogP contribution in [0.2, 0.25) is 0 Å². The Kier molecular flexibility index (Phi) is 5.31. The summed E-state index contributed by atoms with van der Waals surface area (Å²) in [5.41, 5.74) is 0.179. The van der Waals surface area contributed by atoms with Crippen molar-refractivity contribution in [3.05, 3.63) is 35.9 Å². The molecule has 0 radical (unpaired) electrons. The third-order valence-corrected chi connectivity index (χ3v) is 3.89. The molecule has 4 nitrogen and oxygen atoms in total. The van der Waals surface area contributed by atoms with Gasteiger partial charge < -0.3 is 10.4 Å². The van der Waals surface area contributed by atoms with Crippen LogP contribution in [0.5, 0.6) is 0 Å². The van der Waals surface area contributed by atoms with Gasteiger partial charge in [0.25, 0.3) is 0 Å². The van der Waals surface area contributed by atoms with Gasteiger partial charge in [-0.1, -0.05) is 44.2 Å². The summed E-state index contributed by atoms with van der Waals surface area (Å²) in [6.07, 6.45) is -0.0854. The lowest BCUT2D eigenvalue weighted by atomic mass is 9.84. The summed E-state index contributed by atoms with van der Waals surface area (Å²) in [7, 11) is 0. The van der Waals surface area contributed by atoms with E-state index in [2.05, 4.69) is 5.32 Å². The van der Waals surface area contributed by atoms with Gasteiger partial charge >= 0.3 is 5.97 Å². The van der Waals surface area contributed by atoms with Crippen LogP contribution in [-0.2, 0) is 9.59 Å². The third kappa shape index (κ3) is 4.08. The second-order valence-corrected chi connectivity index (χ2v) is 5.76. The second-order valence-electron chi connectivity index (χ2n) is 5.76. The Morgan fingerprint density at radius 3 is 2.20 bits per heavy atom. The number of carboxylic acids is 1. The molecule has 0 aliphatic heterocycles. The molecule has 0 aliphatic carbocycles. The highest BCUT2D eigenvalue weighted by atomic mass is 16.4. The maximum atomic E-state index is 12.3. The molecule has 1 aromatic rings. The van der Waals surface area contributed by atoms with E-state index in [0.717, 1.165) is 5.56 Å². The molecule has 0 aromatic heterocycles. The lowest BCUT2D eigenvalue weighted by Crippen LogP contribution is -2.52. The van der Waals surface area contributed by atoms with Crippen LogP contribution >= 0.6 is 0 Å². The van der Waals surface area contributed by atoms with Gasteiger partial charge in [0.05, 0.1) is 12.3 Å². The molecule has 0 heterocycles. The molecule has 110 valence electrons. The zero-order valence-corrected chi connectivity index (χ0v) is 12.5. The Morgan fingerprint density at radius 2 is 1.75 bits per heavy atom. The largest absolute Gasteiger partial charge is 0.481 e. The molecule has 0 aliphatic rings. The molecule has 0 saturated heterocycles. The van der Waals surface area contributed by atoms with Gasteiger partial charge in [-0.2, -0.15) is 0 Å². The molecule has 1 amide bonds. The average Bonchev–Trinajstić information content (AvgIpc) is 2.37. The number of aliphatic carboxylic acids is 1. The second kappa shape index (κ2) is 6.55. The van der Waals surface area contributed by atoms with Crippen LogP contribution in [0.15, 0.2) is 30.3 Å². The first-order valence-corrected chi connectivity index (χ1v) is 6.85. The maximum Gasteiger partial charge on any atom is 0.305 e. The molecule has 2 atom stereocenters. The molecule has 1 rings (SSSR count). The van der Waals surface area contributed by atoms with Gasteiger partial charge in [-0.25, -0.2) is 0 Å². The van der Waals surface area contributed by atoms with Crippen molar-refractivity contribution in [2.45, 2.75) is 45.6 Å². The molecule has 0 bridgehead atoms. The molecule has 0 fully saturated rings. The molecule has 0 spiro atoms. The molecule has 4 heteroatoms. The van der Waals surface area contributed by atoms with E-state index in [9.17, 15) is 9.59 Å². The summed E-state index contributed by atoms with van der Waals surface area (Å²) in [4.78, 5) is 23.3. The zero-order valence-electron chi connectivity index (χ0n) is 12.5. The minimum Gasteiger partial charge on any atom is -0.481 e. The third-order valence-electron chi connectivity index (χ3n) is 3.89. The molecule has 1 unspecified atom stereocenters. The van der Waals surface area contributed by atoms with Crippen molar-refractivity contribution >= 4 is 11.9 Å². The number of hydrogen-bond donors (Lipinski definition) is 2. The van der Waals surface area contributed by atoms with Gasteiger partial charge in [0, 0.05) is 5.54 Å². The normalized spacial score (nSPS) is 15.4. The zero-order chi connectivity index (χ0) is 15.3. The molecule has 1 aromatic carbocycles. The Hall–Kier alpha value is -1.84. The molecule has 0 saturated carbocycles. The monoisotopic (exact) mass is 277 g/mol. The summed E-state index contributed by atoms with van der Waals surface area (Å²) < 4.78 is 0. The number of benzene rings is 1. The average molecular weight is 277 g/mol. The lowest BCUT2D eigenvalue weighted by molar-refractivity contribution is -0.139. The van der Waals surface area contributed by atoms with Crippen LogP contribution in [0.3, 0.4) is 0 Å². The van der Waals surface area contributed by atoms with E-state index in [4.69, 9.17) is 5.11 Å². The fraction of sp³-hybridized carbons (Fsp3) is 0.500. The van der Waals surface area contributed by atoms with E-state index in [0.29, 0.717) is 0 Å². The van der Waals surface area contributed by atoms with E-state index >= 15 is 0 Å². The highest BCUT2D eigenvalue weighted by Crippen LogP contribution is 2.23. The van der Waals surface area contributed by atoms with Crippen LogP contribution in [0.1, 0.15) is 45.6 Å². The smallest absolute Gasteiger partial charge is 0.305 e. The van der Waals surface area contributed by atoms with Gasteiger partial charge in [-0.05, 0) is 25.3 Å². The van der Waals surface area contributed by atoms with Crippen molar-refractivity contribution in [1.29, 1.82) is 0 Å². The van der Waals surface area contributed by atoms with Crippen LogP contribution in [-0.4, -0.2) is 22.5 Å². The minimum absolute atomic E-state index is 0.0329. The van der Waals surface area contributed by atoms with Gasteiger partial charge in [-0.3, -0.25) is 9.59 Å². The first-order valence-electron chi connectivity index (χ1n) is 6.85. The maximum absolute atomic E-state index is 12.3. The van der Waals surface area contributed by atoms with Crippen LogP contribution in [0.4, 0.5) is 0 Å².